The Balaban J connectivity index is 1.64. The van der Waals surface area contributed by atoms with Gasteiger partial charge in [0.25, 0.3) is 0 Å². The number of fused-ring (bicyclic) bond motifs is 6. The van der Waals surface area contributed by atoms with Gasteiger partial charge in [0.1, 0.15) is 33.9 Å². The molecule has 32 heavy (non-hydrogen) atoms. The number of phenols is 2. The fraction of sp³-hybridized carbons (Fsp3) is 0.333. The highest BCUT2D eigenvalue weighted by molar-refractivity contribution is 8.00. The van der Waals surface area contributed by atoms with Gasteiger partial charge in [0, 0.05) is 42.2 Å². The number of aromatic hydroxyl groups is 2. The maximum absolute atomic E-state index is 12.8. The average molecular weight is 475 g/mol. The summed E-state index contributed by atoms with van der Waals surface area (Å²) in [5.41, 5.74) is -0.135. The van der Waals surface area contributed by atoms with Crippen molar-refractivity contribution in [1.82, 2.24) is 0 Å². The quantitative estimate of drug-likeness (QED) is 0.465. The Morgan fingerprint density at radius 1 is 1.16 bits per heavy atom. The van der Waals surface area contributed by atoms with E-state index in [4.69, 9.17) is 21.1 Å². The summed E-state index contributed by atoms with van der Waals surface area (Å²) >= 11 is 7.76. The molecule has 0 saturated carbocycles. The second-order valence-electron chi connectivity index (χ2n) is 8.03. The highest BCUT2D eigenvalue weighted by atomic mass is 35.5. The highest BCUT2D eigenvalue weighted by Crippen LogP contribution is 2.48. The number of ether oxygens (including phenoxy) is 2. The summed E-state index contributed by atoms with van der Waals surface area (Å²) in [7, 11) is 0. The van der Waals surface area contributed by atoms with Crippen molar-refractivity contribution >= 4 is 35.1 Å². The number of carbonyl (C=O) groups is 2. The van der Waals surface area contributed by atoms with Crippen LogP contribution in [0.3, 0.4) is 0 Å². The first-order valence-corrected chi connectivity index (χ1v) is 11.5. The molecule has 2 aromatic rings. The van der Waals surface area contributed by atoms with Crippen LogP contribution >= 0.6 is 23.4 Å². The number of thioether (sulfide) groups is 1. The number of hydrogen-bond acceptors (Lipinski definition) is 7. The molecule has 2 aromatic carbocycles. The zero-order valence-electron chi connectivity index (χ0n) is 17.4. The number of esters is 1. The summed E-state index contributed by atoms with van der Waals surface area (Å²) in [6.07, 6.45) is 4.11. The van der Waals surface area contributed by atoms with Crippen LogP contribution in [-0.4, -0.2) is 39.1 Å². The minimum absolute atomic E-state index is 0.0617. The van der Waals surface area contributed by atoms with Crippen molar-refractivity contribution in [3.63, 3.8) is 0 Å². The molecule has 3 aliphatic heterocycles. The summed E-state index contributed by atoms with van der Waals surface area (Å²) in [5.74, 6) is -1.91. The van der Waals surface area contributed by atoms with Crippen molar-refractivity contribution in [2.24, 2.45) is 0 Å². The largest absolute Gasteiger partial charge is 0.507 e. The van der Waals surface area contributed by atoms with Crippen molar-refractivity contribution in [1.29, 1.82) is 0 Å². The van der Waals surface area contributed by atoms with Crippen molar-refractivity contribution in [3.8, 4) is 11.5 Å². The van der Waals surface area contributed by atoms with E-state index in [1.165, 1.54) is 0 Å². The van der Waals surface area contributed by atoms with Crippen LogP contribution in [0.1, 0.15) is 42.1 Å². The Morgan fingerprint density at radius 3 is 2.59 bits per heavy atom. The predicted molar refractivity (Wildman–Crippen MR) is 121 cm³/mol. The molecule has 3 atom stereocenters. The molecule has 0 aliphatic carbocycles. The third kappa shape index (κ3) is 4.80. The second kappa shape index (κ2) is 9.17. The van der Waals surface area contributed by atoms with E-state index in [-0.39, 0.29) is 40.9 Å². The Hall–Kier alpha value is -2.48. The summed E-state index contributed by atoms with van der Waals surface area (Å²) in [5, 5.41) is 20.1. The number of hydrogen-bond donors (Lipinski definition) is 2. The molecule has 0 unspecified atom stereocenters. The molecule has 0 radical (unpaired) electrons. The summed E-state index contributed by atoms with van der Waals surface area (Å²) < 4.78 is 11.7. The standard InChI is InChI=1S/C24H23ClO6S/c1-14-10-16-13-24(31-16,32-17-7-3-2-4-8-17)9-5-6-15(26)11-18-21(23(29)30-14)19(27)12-20(28)22(18)25/h2-5,7-9,12,14,16,27-28H,6,10-11,13H2,1H3/b9-5+/t14-,16+,24-/m1/s1. The Bertz CT molecular complexity index is 1060. The minimum atomic E-state index is -0.795. The fourth-order valence-electron chi connectivity index (χ4n) is 3.99. The molecule has 8 heteroatoms. The lowest BCUT2D eigenvalue weighted by atomic mass is 9.96. The molecule has 0 aromatic heterocycles. The van der Waals surface area contributed by atoms with Crippen molar-refractivity contribution < 1.29 is 29.3 Å². The first-order chi connectivity index (χ1) is 15.3. The number of carbonyl (C=O) groups excluding carboxylic acids is 2. The number of benzene rings is 2. The van der Waals surface area contributed by atoms with Gasteiger partial charge in [-0.1, -0.05) is 47.6 Å². The Labute approximate surface area is 195 Å². The van der Waals surface area contributed by atoms with Crippen LogP contribution < -0.4 is 0 Å². The van der Waals surface area contributed by atoms with Crippen LogP contribution in [0.15, 0.2) is 53.4 Å². The molecule has 3 heterocycles. The number of rotatable bonds is 2. The van der Waals surface area contributed by atoms with Crippen LogP contribution in [-0.2, 0) is 20.7 Å². The van der Waals surface area contributed by atoms with E-state index < -0.39 is 28.5 Å². The first kappa shape index (κ1) is 22.7. The molecule has 168 valence electrons. The summed E-state index contributed by atoms with van der Waals surface area (Å²) in [6.45, 7) is 1.75. The minimum Gasteiger partial charge on any atom is -0.507 e. The SMILES string of the molecule is C[C@@H]1C[C@H]2C[C@](Sc3ccccc3)(/C=C/CC(=O)Cc3c(Cl)c(O)cc(O)c3C(=O)O1)O2. The molecule has 2 bridgehead atoms. The first-order valence-electron chi connectivity index (χ1n) is 10.3. The second-order valence-corrected chi connectivity index (χ2v) is 9.77. The van der Waals surface area contributed by atoms with E-state index in [2.05, 4.69) is 0 Å². The zero-order chi connectivity index (χ0) is 22.9. The number of ketones is 1. The maximum atomic E-state index is 12.8. The number of Topliss-reactive ketones (excluding diaryl/α,β-unsaturated/α-hetero) is 1. The van der Waals surface area contributed by atoms with Crippen LogP contribution in [0.4, 0.5) is 0 Å². The molecular formula is C24H23ClO6S. The van der Waals surface area contributed by atoms with Crippen LogP contribution in [0.25, 0.3) is 0 Å². The van der Waals surface area contributed by atoms with Crippen molar-refractivity contribution in [3.05, 3.63) is 64.7 Å². The highest BCUT2D eigenvalue weighted by Gasteiger charge is 2.45. The van der Waals surface area contributed by atoms with Gasteiger partial charge in [-0.3, -0.25) is 4.79 Å². The molecule has 1 saturated heterocycles. The lowest BCUT2D eigenvalue weighted by Crippen LogP contribution is -2.47. The van der Waals surface area contributed by atoms with Gasteiger partial charge >= 0.3 is 5.97 Å². The number of phenolic OH excluding ortho intramolecular Hbond substituents is 2. The van der Waals surface area contributed by atoms with Gasteiger partial charge in [-0.2, -0.15) is 0 Å². The molecule has 6 nitrogen and oxygen atoms in total. The lowest BCUT2D eigenvalue weighted by Gasteiger charge is -2.46. The van der Waals surface area contributed by atoms with Gasteiger partial charge in [-0.25, -0.2) is 4.79 Å². The maximum Gasteiger partial charge on any atom is 0.342 e. The summed E-state index contributed by atoms with van der Waals surface area (Å²) in [6, 6.07) is 10.8. The average Bonchev–Trinajstić information content (AvgIpc) is 2.70. The van der Waals surface area contributed by atoms with E-state index in [0.29, 0.717) is 12.8 Å². The topological polar surface area (TPSA) is 93.1 Å². The van der Waals surface area contributed by atoms with Gasteiger partial charge in [-0.05, 0) is 25.1 Å². The van der Waals surface area contributed by atoms with Gasteiger partial charge < -0.3 is 19.7 Å². The zero-order valence-corrected chi connectivity index (χ0v) is 19.0. The monoisotopic (exact) mass is 474 g/mol. The lowest BCUT2D eigenvalue weighted by molar-refractivity contribution is -0.135. The normalized spacial score (nSPS) is 26.9. The molecule has 5 rings (SSSR count). The van der Waals surface area contributed by atoms with Gasteiger partial charge in [0.2, 0.25) is 0 Å². The van der Waals surface area contributed by atoms with Crippen LogP contribution in [0, 0.1) is 0 Å². The fourth-order valence-corrected chi connectivity index (χ4v) is 5.52. The molecule has 3 aliphatic rings. The Kier molecular flexibility index (Phi) is 6.51. The molecule has 0 spiro atoms. The Morgan fingerprint density at radius 2 is 1.88 bits per heavy atom. The smallest absolute Gasteiger partial charge is 0.342 e. The van der Waals surface area contributed by atoms with Crippen molar-refractivity contribution in [2.75, 3.05) is 0 Å². The molecule has 1 fully saturated rings. The van der Waals surface area contributed by atoms with Gasteiger partial charge in [0.05, 0.1) is 11.1 Å². The van der Waals surface area contributed by atoms with Crippen molar-refractivity contribution in [2.45, 2.75) is 54.6 Å². The van der Waals surface area contributed by atoms with E-state index in [0.717, 1.165) is 11.0 Å². The number of halogens is 1. The van der Waals surface area contributed by atoms with E-state index >= 15 is 0 Å². The third-order valence-electron chi connectivity index (χ3n) is 5.43. The van der Waals surface area contributed by atoms with E-state index in [1.807, 2.05) is 36.4 Å². The number of allylic oxidation sites excluding steroid dienone is 1. The van der Waals surface area contributed by atoms with Crippen LogP contribution in [0.5, 0.6) is 11.5 Å². The third-order valence-corrected chi connectivity index (χ3v) is 7.11. The molecular weight excluding hydrogens is 452 g/mol. The molecule has 2 N–H and O–H groups in total. The summed E-state index contributed by atoms with van der Waals surface area (Å²) in [4.78, 5) is 25.9. The molecule has 0 amide bonds. The van der Waals surface area contributed by atoms with Crippen LogP contribution in [0.2, 0.25) is 5.02 Å². The van der Waals surface area contributed by atoms with Gasteiger partial charge in [0.15, 0.2) is 0 Å². The van der Waals surface area contributed by atoms with E-state index in [1.54, 1.807) is 24.8 Å². The van der Waals surface area contributed by atoms with E-state index in [9.17, 15) is 19.8 Å². The predicted octanol–water partition coefficient (Wildman–Crippen LogP) is 5.04. The van der Waals surface area contributed by atoms with Gasteiger partial charge in [-0.15, -0.1) is 0 Å².